The van der Waals surface area contributed by atoms with Gasteiger partial charge in [-0.2, -0.15) is 0 Å². The lowest BCUT2D eigenvalue weighted by molar-refractivity contribution is -0.129. The number of carbonyl (C=O) groups is 1. The van der Waals surface area contributed by atoms with Crippen LogP contribution in [0, 0.1) is 11.8 Å². The molecular weight excluding hydrogens is 164 g/mol. The summed E-state index contributed by atoms with van der Waals surface area (Å²) in [7, 11) is 0. The molecule has 1 saturated carbocycles. The van der Waals surface area contributed by atoms with Crippen LogP contribution in [0.4, 0.5) is 0 Å². The molecule has 1 amide bonds. The standard InChI is InChI=1S/C10H18N2O/c11-6-8-5-7-3-1-2-4-9(7)12-10(8)13/h7-9H,1-6,11H2,(H,12,13)/t7-,8+,9-/m0/s1. The Morgan fingerprint density at radius 3 is 2.92 bits per heavy atom. The number of nitrogens with one attached hydrogen (secondary N) is 1. The van der Waals surface area contributed by atoms with Crippen LogP contribution >= 0.6 is 0 Å². The Morgan fingerprint density at radius 2 is 2.15 bits per heavy atom. The lowest BCUT2D eigenvalue weighted by Crippen LogP contribution is -2.52. The molecule has 0 aromatic carbocycles. The van der Waals surface area contributed by atoms with E-state index < -0.39 is 0 Å². The van der Waals surface area contributed by atoms with Crippen molar-refractivity contribution < 1.29 is 4.79 Å². The predicted molar refractivity (Wildman–Crippen MR) is 51.1 cm³/mol. The number of amides is 1. The van der Waals surface area contributed by atoms with Crippen molar-refractivity contribution in [3.8, 4) is 0 Å². The summed E-state index contributed by atoms with van der Waals surface area (Å²) in [5.41, 5.74) is 5.55. The molecule has 0 unspecified atom stereocenters. The molecule has 2 rings (SSSR count). The van der Waals surface area contributed by atoms with Crippen LogP contribution in [0.5, 0.6) is 0 Å². The molecule has 3 nitrogen and oxygen atoms in total. The largest absolute Gasteiger partial charge is 0.353 e. The molecule has 74 valence electrons. The summed E-state index contributed by atoms with van der Waals surface area (Å²) in [6.07, 6.45) is 6.07. The van der Waals surface area contributed by atoms with Crippen LogP contribution in [0.1, 0.15) is 32.1 Å². The van der Waals surface area contributed by atoms with E-state index in [0.29, 0.717) is 18.5 Å². The van der Waals surface area contributed by atoms with Crippen LogP contribution < -0.4 is 11.1 Å². The van der Waals surface area contributed by atoms with E-state index in [1.807, 2.05) is 0 Å². The fraction of sp³-hybridized carbons (Fsp3) is 0.900. The van der Waals surface area contributed by atoms with Crippen molar-refractivity contribution >= 4 is 5.91 Å². The molecule has 1 heterocycles. The Kier molecular flexibility index (Phi) is 2.54. The maximum atomic E-state index is 11.5. The molecule has 3 heteroatoms. The third kappa shape index (κ3) is 1.70. The van der Waals surface area contributed by atoms with Gasteiger partial charge in [-0.05, 0) is 25.2 Å². The second kappa shape index (κ2) is 3.66. The fourth-order valence-electron chi connectivity index (χ4n) is 2.66. The lowest BCUT2D eigenvalue weighted by Gasteiger charge is -2.39. The zero-order valence-corrected chi connectivity index (χ0v) is 7.96. The summed E-state index contributed by atoms with van der Waals surface area (Å²) in [6, 6.07) is 0.462. The number of piperidine rings is 1. The monoisotopic (exact) mass is 182 g/mol. The van der Waals surface area contributed by atoms with Gasteiger partial charge < -0.3 is 11.1 Å². The molecule has 2 fully saturated rings. The van der Waals surface area contributed by atoms with Crippen LogP contribution in [0.2, 0.25) is 0 Å². The molecule has 3 N–H and O–H groups in total. The quantitative estimate of drug-likeness (QED) is 0.625. The van der Waals surface area contributed by atoms with Gasteiger partial charge in [0.1, 0.15) is 0 Å². The minimum absolute atomic E-state index is 0.0827. The maximum Gasteiger partial charge on any atom is 0.224 e. The van der Waals surface area contributed by atoms with E-state index in [4.69, 9.17) is 5.73 Å². The number of hydrogen-bond acceptors (Lipinski definition) is 2. The number of carbonyl (C=O) groups excluding carboxylic acids is 1. The van der Waals surface area contributed by atoms with Gasteiger partial charge in [0, 0.05) is 12.6 Å². The molecule has 1 aliphatic heterocycles. The molecule has 2 aliphatic rings. The van der Waals surface area contributed by atoms with Crippen LogP contribution in [-0.2, 0) is 4.79 Å². The van der Waals surface area contributed by atoms with E-state index >= 15 is 0 Å². The average Bonchev–Trinajstić information content (AvgIpc) is 2.17. The summed E-state index contributed by atoms with van der Waals surface area (Å²) >= 11 is 0. The van der Waals surface area contributed by atoms with Crippen molar-refractivity contribution in [2.24, 2.45) is 17.6 Å². The maximum absolute atomic E-state index is 11.5. The van der Waals surface area contributed by atoms with Gasteiger partial charge in [0.15, 0.2) is 0 Å². The first kappa shape index (κ1) is 9.00. The predicted octanol–water partition coefficient (Wildman–Crippen LogP) is 0.640. The highest BCUT2D eigenvalue weighted by molar-refractivity contribution is 5.80. The SMILES string of the molecule is NC[C@H]1C[C@@H]2CCCC[C@@H]2NC1=O. The number of hydrogen-bond donors (Lipinski definition) is 2. The van der Waals surface area contributed by atoms with E-state index in [2.05, 4.69) is 5.32 Å². The number of fused-ring (bicyclic) bond motifs is 1. The average molecular weight is 182 g/mol. The van der Waals surface area contributed by atoms with Gasteiger partial charge in [-0.1, -0.05) is 12.8 Å². The molecule has 0 aromatic rings. The fourth-order valence-corrected chi connectivity index (χ4v) is 2.66. The Bertz CT molecular complexity index is 205. The van der Waals surface area contributed by atoms with Crippen molar-refractivity contribution in [3.63, 3.8) is 0 Å². The first-order chi connectivity index (χ1) is 6.31. The van der Waals surface area contributed by atoms with Crippen LogP contribution in [-0.4, -0.2) is 18.5 Å². The van der Waals surface area contributed by atoms with E-state index in [-0.39, 0.29) is 11.8 Å². The first-order valence-electron chi connectivity index (χ1n) is 5.31. The van der Waals surface area contributed by atoms with Gasteiger partial charge in [-0.3, -0.25) is 4.79 Å². The Morgan fingerprint density at radius 1 is 1.38 bits per heavy atom. The van der Waals surface area contributed by atoms with Gasteiger partial charge >= 0.3 is 0 Å². The zero-order valence-electron chi connectivity index (χ0n) is 7.96. The molecule has 0 bridgehead atoms. The van der Waals surface area contributed by atoms with Crippen molar-refractivity contribution in [1.29, 1.82) is 0 Å². The van der Waals surface area contributed by atoms with Gasteiger partial charge in [0.05, 0.1) is 5.92 Å². The van der Waals surface area contributed by atoms with Crippen molar-refractivity contribution in [2.75, 3.05) is 6.54 Å². The third-order valence-corrected chi connectivity index (χ3v) is 3.48. The highest BCUT2D eigenvalue weighted by atomic mass is 16.2. The molecular formula is C10H18N2O. The Balaban J connectivity index is 2.01. The summed E-state index contributed by atoms with van der Waals surface area (Å²) in [4.78, 5) is 11.5. The first-order valence-corrected chi connectivity index (χ1v) is 5.31. The van der Waals surface area contributed by atoms with Gasteiger partial charge in [0.2, 0.25) is 5.91 Å². The van der Waals surface area contributed by atoms with Crippen LogP contribution in [0.3, 0.4) is 0 Å². The summed E-state index contributed by atoms with van der Waals surface area (Å²) < 4.78 is 0. The molecule has 13 heavy (non-hydrogen) atoms. The van der Waals surface area contributed by atoms with E-state index in [1.54, 1.807) is 0 Å². The van der Waals surface area contributed by atoms with E-state index in [1.165, 1.54) is 25.7 Å². The Labute approximate surface area is 79.1 Å². The highest BCUT2D eigenvalue weighted by Crippen LogP contribution is 2.32. The van der Waals surface area contributed by atoms with Crippen LogP contribution in [0.15, 0.2) is 0 Å². The smallest absolute Gasteiger partial charge is 0.224 e. The zero-order chi connectivity index (χ0) is 9.26. The molecule has 1 aliphatic carbocycles. The minimum Gasteiger partial charge on any atom is -0.353 e. The molecule has 0 aromatic heterocycles. The minimum atomic E-state index is 0.0827. The van der Waals surface area contributed by atoms with Crippen molar-refractivity contribution in [2.45, 2.75) is 38.1 Å². The van der Waals surface area contributed by atoms with Crippen LogP contribution in [0.25, 0.3) is 0 Å². The number of rotatable bonds is 1. The normalized spacial score (nSPS) is 39.5. The second-order valence-corrected chi connectivity index (χ2v) is 4.33. The topological polar surface area (TPSA) is 55.1 Å². The molecule has 3 atom stereocenters. The van der Waals surface area contributed by atoms with Crippen molar-refractivity contribution in [1.82, 2.24) is 5.32 Å². The number of nitrogens with two attached hydrogens (primary N) is 1. The van der Waals surface area contributed by atoms with Gasteiger partial charge in [-0.25, -0.2) is 0 Å². The lowest BCUT2D eigenvalue weighted by atomic mass is 9.76. The molecule has 0 radical (unpaired) electrons. The highest BCUT2D eigenvalue weighted by Gasteiger charge is 2.35. The van der Waals surface area contributed by atoms with E-state index in [9.17, 15) is 4.79 Å². The summed E-state index contributed by atoms with van der Waals surface area (Å²) in [5, 5.41) is 3.10. The Hall–Kier alpha value is -0.570. The summed E-state index contributed by atoms with van der Waals surface area (Å²) in [5.74, 6) is 0.977. The van der Waals surface area contributed by atoms with E-state index in [0.717, 1.165) is 6.42 Å². The third-order valence-electron chi connectivity index (χ3n) is 3.48. The van der Waals surface area contributed by atoms with Gasteiger partial charge in [-0.15, -0.1) is 0 Å². The van der Waals surface area contributed by atoms with Gasteiger partial charge in [0.25, 0.3) is 0 Å². The molecule has 1 saturated heterocycles. The molecule has 0 spiro atoms. The van der Waals surface area contributed by atoms with Crippen molar-refractivity contribution in [3.05, 3.63) is 0 Å². The second-order valence-electron chi connectivity index (χ2n) is 4.33. The summed E-state index contributed by atoms with van der Waals surface area (Å²) in [6.45, 7) is 0.509.